The van der Waals surface area contributed by atoms with Gasteiger partial charge in [-0.2, -0.15) is 0 Å². The van der Waals surface area contributed by atoms with E-state index in [1.54, 1.807) is 6.92 Å². The van der Waals surface area contributed by atoms with Crippen molar-refractivity contribution >= 4 is 5.97 Å². The summed E-state index contributed by atoms with van der Waals surface area (Å²) in [4.78, 5) is 10.8. The Hall–Kier alpha value is -0.570. The van der Waals surface area contributed by atoms with Crippen LogP contribution in [-0.4, -0.2) is 18.9 Å². The van der Waals surface area contributed by atoms with Gasteiger partial charge in [0.1, 0.15) is 0 Å². The van der Waals surface area contributed by atoms with Crippen LogP contribution < -0.4 is 0 Å². The van der Waals surface area contributed by atoms with E-state index in [1.165, 1.54) is 6.42 Å². The van der Waals surface area contributed by atoms with Crippen molar-refractivity contribution in [2.24, 2.45) is 0 Å². The summed E-state index contributed by atoms with van der Waals surface area (Å²) >= 11 is 0. The number of ether oxygens (including phenoxy) is 2. The van der Waals surface area contributed by atoms with Crippen LogP contribution >= 0.6 is 0 Å². The van der Waals surface area contributed by atoms with Crippen molar-refractivity contribution in [1.82, 2.24) is 0 Å². The van der Waals surface area contributed by atoms with Crippen molar-refractivity contribution in [1.29, 1.82) is 0 Å². The lowest BCUT2D eigenvalue weighted by Crippen LogP contribution is -2.20. The average Bonchev–Trinajstić information content (AvgIpc) is 2.11. The summed E-state index contributed by atoms with van der Waals surface area (Å²) in [5, 5.41) is 0. The number of carbonyl (C=O) groups is 1. The largest absolute Gasteiger partial charge is 0.436 e. The van der Waals surface area contributed by atoms with Gasteiger partial charge in [-0.05, 0) is 6.42 Å². The summed E-state index contributed by atoms with van der Waals surface area (Å²) in [6.45, 7) is 6.22. The van der Waals surface area contributed by atoms with Crippen molar-refractivity contribution in [3.05, 3.63) is 6.42 Å². The molecule has 1 radical (unpaired) electrons. The van der Waals surface area contributed by atoms with Gasteiger partial charge in [0.05, 0.1) is 13.0 Å². The zero-order chi connectivity index (χ0) is 9.40. The number of carbonyl (C=O) groups excluding carboxylic acids is 1. The molecule has 0 bridgehead atoms. The Morgan fingerprint density at radius 1 is 1.50 bits per heavy atom. The molecule has 0 amide bonds. The van der Waals surface area contributed by atoms with Crippen molar-refractivity contribution < 1.29 is 14.3 Å². The van der Waals surface area contributed by atoms with E-state index in [9.17, 15) is 4.79 Å². The SMILES string of the molecule is C[CH]C(=O)OC(CC)OCCC. The molecule has 0 aliphatic rings. The molecule has 71 valence electrons. The fourth-order valence-electron chi connectivity index (χ4n) is 0.682. The second-order valence-corrected chi connectivity index (χ2v) is 2.43. The van der Waals surface area contributed by atoms with Gasteiger partial charge >= 0.3 is 5.97 Å². The van der Waals surface area contributed by atoms with Gasteiger partial charge in [-0.25, -0.2) is 0 Å². The van der Waals surface area contributed by atoms with Crippen LogP contribution in [0.25, 0.3) is 0 Å². The zero-order valence-electron chi connectivity index (χ0n) is 8.00. The molecule has 0 saturated heterocycles. The maximum atomic E-state index is 10.8. The first-order valence-electron chi connectivity index (χ1n) is 4.36. The van der Waals surface area contributed by atoms with Crippen molar-refractivity contribution in [2.75, 3.05) is 6.61 Å². The highest BCUT2D eigenvalue weighted by Crippen LogP contribution is 2.02. The predicted molar refractivity (Wildman–Crippen MR) is 46.4 cm³/mol. The van der Waals surface area contributed by atoms with Crippen LogP contribution in [0.5, 0.6) is 0 Å². The quantitative estimate of drug-likeness (QED) is 0.454. The molecule has 12 heavy (non-hydrogen) atoms. The third-order valence-electron chi connectivity index (χ3n) is 1.32. The minimum absolute atomic E-state index is 0.321. The van der Waals surface area contributed by atoms with Gasteiger partial charge in [0, 0.05) is 6.42 Å². The normalized spacial score (nSPS) is 12.6. The van der Waals surface area contributed by atoms with Gasteiger partial charge in [-0.3, -0.25) is 4.79 Å². The van der Waals surface area contributed by atoms with Crippen LogP contribution in [-0.2, 0) is 14.3 Å². The van der Waals surface area contributed by atoms with E-state index in [1.807, 2.05) is 13.8 Å². The first-order valence-corrected chi connectivity index (χ1v) is 4.36. The molecule has 0 aliphatic carbocycles. The van der Waals surface area contributed by atoms with E-state index in [-0.39, 0.29) is 12.3 Å². The van der Waals surface area contributed by atoms with Gasteiger partial charge in [0.15, 0.2) is 0 Å². The Kier molecular flexibility index (Phi) is 6.76. The summed E-state index contributed by atoms with van der Waals surface area (Å²) in [5.74, 6) is -0.321. The standard InChI is InChI=1S/C9H17O3/c1-4-7-11-9(6-3)12-8(10)5-2/h5,9H,4,6-7H2,1-3H3. The smallest absolute Gasteiger partial charge is 0.311 e. The minimum Gasteiger partial charge on any atom is -0.436 e. The van der Waals surface area contributed by atoms with E-state index in [0.29, 0.717) is 13.0 Å². The fourth-order valence-corrected chi connectivity index (χ4v) is 0.682. The molecule has 1 atom stereocenters. The van der Waals surface area contributed by atoms with E-state index in [0.717, 1.165) is 6.42 Å². The van der Waals surface area contributed by atoms with Crippen LogP contribution in [0.2, 0.25) is 0 Å². The highest BCUT2D eigenvalue weighted by Gasteiger charge is 2.10. The third kappa shape index (κ3) is 5.13. The third-order valence-corrected chi connectivity index (χ3v) is 1.32. The molecule has 0 aromatic heterocycles. The summed E-state index contributed by atoms with van der Waals surface area (Å²) in [5.41, 5.74) is 0. The molecule has 0 rings (SSSR count). The van der Waals surface area contributed by atoms with Crippen molar-refractivity contribution in [3.63, 3.8) is 0 Å². The lowest BCUT2D eigenvalue weighted by atomic mass is 10.4. The molecule has 0 aromatic rings. The molecule has 0 saturated carbocycles. The molecule has 3 nitrogen and oxygen atoms in total. The topological polar surface area (TPSA) is 35.5 Å². The van der Waals surface area contributed by atoms with Gasteiger partial charge < -0.3 is 9.47 Å². The molecule has 0 aromatic carbocycles. The maximum absolute atomic E-state index is 10.8. The first kappa shape index (κ1) is 11.4. The molecular weight excluding hydrogens is 156 g/mol. The second kappa shape index (κ2) is 7.10. The maximum Gasteiger partial charge on any atom is 0.311 e. The Balaban J connectivity index is 3.59. The fraction of sp³-hybridized carbons (Fsp3) is 0.778. The Labute approximate surface area is 74.0 Å². The molecule has 0 spiro atoms. The second-order valence-electron chi connectivity index (χ2n) is 2.43. The first-order chi connectivity index (χ1) is 5.74. The van der Waals surface area contributed by atoms with Crippen molar-refractivity contribution in [3.8, 4) is 0 Å². The van der Waals surface area contributed by atoms with Crippen LogP contribution in [0.4, 0.5) is 0 Å². The lowest BCUT2D eigenvalue weighted by molar-refractivity contribution is -0.175. The van der Waals surface area contributed by atoms with E-state index in [4.69, 9.17) is 9.47 Å². The molecule has 0 fully saturated rings. The Bertz CT molecular complexity index is 123. The Morgan fingerprint density at radius 3 is 2.58 bits per heavy atom. The van der Waals surface area contributed by atoms with Crippen LogP contribution in [0.1, 0.15) is 33.6 Å². The van der Waals surface area contributed by atoms with Gasteiger partial charge in [-0.15, -0.1) is 0 Å². The van der Waals surface area contributed by atoms with Crippen LogP contribution in [0, 0.1) is 6.42 Å². The van der Waals surface area contributed by atoms with Gasteiger partial charge in [-0.1, -0.05) is 20.8 Å². The number of hydrogen-bond acceptors (Lipinski definition) is 3. The summed E-state index contributed by atoms with van der Waals surface area (Å²) < 4.78 is 10.2. The van der Waals surface area contributed by atoms with Gasteiger partial charge in [0.2, 0.25) is 6.29 Å². The summed E-state index contributed by atoms with van der Waals surface area (Å²) in [7, 11) is 0. The minimum atomic E-state index is -0.381. The molecule has 1 unspecified atom stereocenters. The molecule has 0 heterocycles. The van der Waals surface area contributed by atoms with E-state index in [2.05, 4.69) is 0 Å². The van der Waals surface area contributed by atoms with Crippen molar-refractivity contribution in [2.45, 2.75) is 39.9 Å². The molecule has 0 aliphatic heterocycles. The molecule has 3 heteroatoms. The summed E-state index contributed by atoms with van der Waals surface area (Å²) in [6, 6.07) is 0. The van der Waals surface area contributed by atoms with Crippen LogP contribution in [0.15, 0.2) is 0 Å². The van der Waals surface area contributed by atoms with Crippen LogP contribution in [0.3, 0.4) is 0 Å². The van der Waals surface area contributed by atoms with E-state index < -0.39 is 0 Å². The predicted octanol–water partition coefficient (Wildman–Crippen LogP) is 1.92. The molecule has 0 N–H and O–H groups in total. The summed E-state index contributed by atoms with van der Waals surface area (Å²) in [6.07, 6.45) is 2.63. The number of esters is 1. The highest BCUT2D eigenvalue weighted by molar-refractivity contribution is 5.78. The molecular formula is C9H17O3. The van der Waals surface area contributed by atoms with E-state index >= 15 is 0 Å². The van der Waals surface area contributed by atoms with Gasteiger partial charge in [0.25, 0.3) is 0 Å². The highest BCUT2D eigenvalue weighted by atomic mass is 16.7. The number of hydrogen-bond donors (Lipinski definition) is 0. The Morgan fingerprint density at radius 2 is 2.17 bits per heavy atom. The number of rotatable bonds is 6. The zero-order valence-corrected chi connectivity index (χ0v) is 8.00. The average molecular weight is 173 g/mol. The monoisotopic (exact) mass is 173 g/mol. The lowest BCUT2D eigenvalue weighted by Gasteiger charge is -2.15.